The molecule has 0 bridgehead atoms. The van der Waals surface area contributed by atoms with Gasteiger partial charge in [0.15, 0.2) is 11.5 Å². The lowest BCUT2D eigenvalue weighted by Gasteiger charge is -2.15. The Kier molecular flexibility index (Phi) is 4.07. The van der Waals surface area contributed by atoms with Crippen LogP contribution in [0.3, 0.4) is 0 Å². The minimum Gasteiger partial charge on any atom is -0.493 e. The number of fused-ring (bicyclic) bond motifs is 1. The number of benzene rings is 2. The summed E-state index contributed by atoms with van der Waals surface area (Å²) in [6.45, 7) is 1.80. The predicted molar refractivity (Wildman–Crippen MR) is 93.3 cm³/mol. The molecule has 2 heterocycles. The molecule has 0 aromatic heterocycles. The first-order valence-corrected chi connectivity index (χ1v) is 8.49. The lowest BCUT2D eigenvalue weighted by Crippen LogP contribution is -2.13. The molecule has 4 nitrogen and oxygen atoms in total. The van der Waals surface area contributed by atoms with E-state index in [2.05, 4.69) is 35.6 Å². The van der Waals surface area contributed by atoms with Crippen molar-refractivity contribution in [1.29, 1.82) is 0 Å². The first kappa shape index (κ1) is 15.3. The van der Waals surface area contributed by atoms with E-state index in [4.69, 9.17) is 14.2 Å². The van der Waals surface area contributed by atoms with Gasteiger partial charge in [-0.25, -0.2) is 0 Å². The Hall–Kier alpha value is -2.20. The highest BCUT2D eigenvalue weighted by Gasteiger charge is 2.28. The monoisotopic (exact) mass is 325 g/mol. The second-order valence-corrected chi connectivity index (χ2v) is 6.47. The van der Waals surface area contributed by atoms with Gasteiger partial charge in [0.25, 0.3) is 0 Å². The van der Waals surface area contributed by atoms with Gasteiger partial charge < -0.3 is 19.5 Å². The summed E-state index contributed by atoms with van der Waals surface area (Å²) in [4.78, 5) is 0. The summed E-state index contributed by atoms with van der Waals surface area (Å²) >= 11 is 0. The van der Waals surface area contributed by atoms with Gasteiger partial charge in [-0.3, -0.25) is 0 Å². The van der Waals surface area contributed by atoms with Crippen LogP contribution >= 0.6 is 0 Å². The van der Waals surface area contributed by atoms with E-state index in [1.807, 2.05) is 6.07 Å². The van der Waals surface area contributed by atoms with E-state index in [1.165, 1.54) is 16.7 Å². The molecule has 0 spiro atoms. The van der Waals surface area contributed by atoms with Gasteiger partial charge in [0.05, 0.1) is 20.8 Å². The fraction of sp³-hybridized carbons (Fsp3) is 0.400. The summed E-state index contributed by atoms with van der Waals surface area (Å²) < 4.78 is 16.5. The highest BCUT2D eigenvalue weighted by molar-refractivity contribution is 5.45. The van der Waals surface area contributed by atoms with Gasteiger partial charge in [0, 0.05) is 19.0 Å². The predicted octanol–water partition coefficient (Wildman–Crippen LogP) is 3.46. The second-order valence-electron chi connectivity index (χ2n) is 6.47. The van der Waals surface area contributed by atoms with Crippen molar-refractivity contribution in [3.8, 4) is 17.2 Å². The topological polar surface area (TPSA) is 39.7 Å². The Morgan fingerprint density at radius 3 is 2.67 bits per heavy atom. The lowest BCUT2D eigenvalue weighted by molar-refractivity contribution is 0.354. The van der Waals surface area contributed by atoms with Gasteiger partial charge in [-0.2, -0.15) is 0 Å². The molecule has 4 rings (SSSR count). The molecule has 126 valence electrons. The average molecular weight is 325 g/mol. The zero-order valence-corrected chi connectivity index (χ0v) is 14.2. The highest BCUT2D eigenvalue weighted by atomic mass is 16.5. The van der Waals surface area contributed by atoms with E-state index in [0.29, 0.717) is 12.0 Å². The number of hydrogen-bond donors (Lipinski definition) is 1. The molecular weight excluding hydrogens is 302 g/mol. The van der Waals surface area contributed by atoms with Gasteiger partial charge in [0.2, 0.25) is 0 Å². The molecule has 2 aliphatic heterocycles. The highest BCUT2D eigenvalue weighted by Crippen LogP contribution is 2.39. The Balaban J connectivity index is 1.52. The molecule has 1 unspecified atom stereocenters. The summed E-state index contributed by atoms with van der Waals surface area (Å²) in [6.07, 6.45) is 2.11. The zero-order valence-electron chi connectivity index (χ0n) is 14.2. The van der Waals surface area contributed by atoms with Crippen LogP contribution in [-0.4, -0.2) is 27.4 Å². The number of nitrogens with one attached hydrogen (secondary N) is 1. The van der Waals surface area contributed by atoms with Gasteiger partial charge >= 0.3 is 0 Å². The van der Waals surface area contributed by atoms with Crippen LogP contribution in [0.15, 0.2) is 36.4 Å². The largest absolute Gasteiger partial charge is 0.493 e. The van der Waals surface area contributed by atoms with Crippen LogP contribution in [0.4, 0.5) is 0 Å². The summed E-state index contributed by atoms with van der Waals surface area (Å²) in [7, 11) is 3.34. The molecular formula is C20H23NO3. The first-order chi connectivity index (χ1) is 11.8. The van der Waals surface area contributed by atoms with Crippen LogP contribution < -0.4 is 19.5 Å². The van der Waals surface area contributed by atoms with E-state index in [0.717, 1.165) is 43.2 Å². The van der Waals surface area contributed by atoms with Gasteiger partial charge in [-0.15, -0.1) is 0 Å². The number of hydrogen-bond acceptors (Lipinski definition) is 4. The number of rotatable bonds is 4. The van der Waals surface area contributed by atoms with Crippen LogP contribution in [0.1, 0.15) is 35.1 Å². The molecule has 2 atom stereocenters. The summed E-state index contributed by atoms with van der Waals surface area (Å²) in [6, 6.07) is 13.2. The number of methoxy groups -OCH3 is 2. The van der Waals surface area contributed by atoms with Gasteiger partial charge in [-0.05, 0) is 47.2 Å². The number of ether oxygens (including phenoxy) is 3. The van der Waals surface area contributed by atoms with Crippen molar-refractivity contribution in [1.82, 2.24) is 5.32 Å². The van der Waals surface area contributed by atoms with Crippen molar-refractivity contribution < 1.29 is 14.2 Å². The van der Waals surface area contributed by atoms with Crippen molar-refractivity contribution in [3.63, 3.8) is 0 Å². The smallest absolute Gasteiger partial charge is 0.161 e. The third-order valence-electron chi connectivity index (χ3n) is 5.13. The van der Waals surface area contributed by atoms with E-state index in [-0.39, 0.29) is 0 Å². The van der Waals surface area contributed by atoms with Crippen LogP contribution in [-0.2, 0) is 6.42 Å². The van der Waals surface area contributed by atoms with E-state index in [1.54, 1.807) is 14.2 Å². The van der Waals surface area contributed by atoms with E-state index < -0.39 is 0 Å². The fourth-order valence-corrected chi connectivity index (χ4v) is 3.75. The third-order valence-corrected chi connectivity index (χ3v) is 5.13. The normalized spacial score (nSPS) is 22.1. The Bertz CT molecular complexity index is 744. The molecule has 2 aromatic carbocycles. The first-order valence-electron chi connectivity index (χ1n) is 8.49. The quantitative estimate of drug-likeness (QED) is 0.934. The molecule has 2 aromatic rings. The molecule has 4 heteroatoms. The van der Waals surface area contributed by atoms with Crippen LogP contribution in [0.2, 0.25) is 0 Å². The van der Waals surface area contributed by atoms with Crippen molar-refractivity contribution in [2.75, 3.05) is 27.4 Å². The third kappa shape index (κ3) is 2.71. The maximum atomic E-state index is 5.72. The Morgan fingerprint density at radius 1 is 1.00 bits per heavy atom. The van der Waals surface area contributed by atoms with Gasteiger partial charge in [-0.1, -0.05) is 18.2 Å². The molecule has 1 fully saturated rings. The molecule has 0 radical (unpaired) electrons. The second kappa shape index (κ2) is 6.36. The molecule has 0 aliphatic carbocycles. The minimum atomic E-state index is 0.337. The summed E-state index contributed by atoms with van der Waals surface area (Å²) in [5.41, 5.74) is 3.94. The maximum absolute atomic E-state index is 5.72. The average Bonchev–Trinajstić information content (AvgIpc) is 3.29. The standard InChI is InChI=1S/C20H23NO3/c1-22-18-6-5-15(11-20(18)23-2)17-9-16(12-21-17)14-4-3-13-7-8-24-19(13)10-14/h3-6,10-11,16-17,21H,7-9,12H2,1-2H3/t16?,17-/m1/s1. The maximum Gasteiger partial charge on any atom is 0.161 e. The van der Waals surface area contributed by atoms with Crippen molar-refractivity contribution >= 4 is 0 Å². The Morgan fingerprint density at radius 2 is 1.83 bits per heavy atom. The van der Waals surface area contributed by atoms with Crippen molar-refractivity contribution in [3.05, 3.63) is 53.1 Å². The molecule has 2 aliphatic rings. The molecule has 0 amide bonds. The van der Waals surface area contributed by atoms with E-state index in [9.17, 15) is 0 Å². The molecule has 1 saturated heterocycles. The van der Waals surface area contributed by atoms with Crippen LogP contribution in [0.5, 0.6) is 17.2 Å². The Labute approximate surface area is 142 Å². The van der Waals surface area contributed by atoms with Crippen LogP contribution in [0, 0.1) is 0 Å². The van der Waals surface area contributed by atoms with Gasteiger partial charge in [0.1, 0.15) is 5.75 Å². The zero-order chi connectivity index (χ0) is 16.5. The van der Waals surface area contributed by atoms with Crippen molar-refractivity contribution in [2.24, 2.45) is 0 Å². The van der Waals surface area contributed by atoms with Crippen LogP contribution in [0.25, 0.3) is 0 Å². The molecule has 0 saturated carbocycles. The molecule has 24 heavy (non-hydrogen) atoms. The lowest BCUT2D eigenvalue weighted by atomic mass is 9.93. The summed E-state index contributed by atoms with van der Waals surface area (Å²) in [5.74, 6) is 3.14. The minimum absolute atomic E-state index is 0.337. The molecule has 1 N–H and O–H groups in total. The fourth-order valence-electron chi connectivity index (χ4n) is 3.75. The van der Waals surface area contributed by atoms with E-state index >= 15 is 0 Å². The van der Waals surface area contributed by atoms with Crippen molar-refractivity contribution in [2.45, 2.75) is 24.8 Å². The summed E-state index contributed by atoms with van der Waals surface area (Å²) in [5, 5.41) is 3.64. The SMILES string of the molecule is COc1ccc([C@H]2CC(c3ccc4c(c3)OCC4)CN2)cc1OC.